The molecule has 0 atom stereocenters. The lowest BCUT2D eigenvalue weighted by molar-refractivity contribution is 0.0599. The van der Waals surface area contributed by atoms with Crippen molar-refractivity contribution in [2.75, 3.05) is 7.11 Å². The van der Waals surface area contributed by atoms with Crippen LogP contribution >= 0.6 is 23.2 Å². The van der Waals surface area contributed by atoms with Gasteiger partial charge in [0.15, 0.2) is 0 Å². The van der Waals surface area contributed by atoms with Crippen LogP contribution in [0.25, 0.3) is 22.2 Å². The molecule has 0 aliphatic heterocycles. The second-order valence-corrected chi connectivity index (χ2v) is 10.7. The summed E-state index contributed by atoms with van der Waals surface area (Å²) in [5, 5.41) is 6.37. The minimum absolute atomic E-state index is 0.100. The molecule has 40 heavy (non-hydrogen) atoms. The van der Waals surface area contributed by atoms with Gasteiger partial charge in [-0.1, -0.05) is 67.3 Å². The van der Waals surface area contributed by atoms with E-state index in [0.717, 1.165) is 45.5 Å². The van der Waals surface area contributed by atoms with E-state index >= 15 is 0 Å². The molecule has 0 N–H and O–H groups in total. The maximum Gasteiger partial charge on any atom is 0.338 e. The van der Waals surface area contributed by atoms with Crippen LogP contribution in [0.3, 0.4) is 0 Å². The zero-order valence-electron chi connectivity index (χ0n) is 22.8. The normalized spacial score (nSPS) is 11.4. The van der Waals surface area contributed by atoms with E-state index in [0.29, 0.717) is 33.4 Å². The maximum absolute atomic E-state index is 12.3. The zero-order chi connectivity index (χ0) is 28.4. The Hall–Kier alpha value is -3.74. The zero-order valence-corrected chi connectivity index (χ0v) is 24.3. The lowest BCUT2D eigenvalue weighted by Crippen LogP contribution is -2.09. The molecule has 8 heteroatoms. The van der Waals surface area contributed by atoms with Gasteiger partial charge in [-0.25, -0.2) is 4.79 Å². The molecule has 206 valence electrons. The number of carbonyl (C=O) groups excluding carboxylic acids is 1. The van der Waals surface area contributed by atoms with Crippen molar-refractivity contribution in [2.45, 2.75) is 46.3 Å². The molecule has 0 bridgehead atoms. The van der Waals surface area contributed by atoms with Gasteiger partial charge in [0, 0.05) is 35.1 Å². The average molecular weight is 578 g/mol. The van der Waals surface area contributed by atoms with Crippen LogP contribution in [-0.4, -0.2) is 22.8 Å². The Balaban J connectivity index is 1.41. The largest absolute Gasteiger partial charge is 0.489 e. The fraction of sp³-hybridized carbons (Fsp3) is 0.250. The van der Waals surface area contributed by atoms with Gasteiger partial charge in [0.2, 0.25) is 0 Å². The number of methoxy groups -OCH3 is 1. The fourth-order valence-corrected chi connectivity index (χ4v) is 5.66. The summed E-state index contributed by atoms with van der Waals surface area (Å²) in [7, 11) is 1.41. The number of fused-ring (bicyclic) bond motifs is 1. The highest BCUT2D eigenvalue weighted by atomic mass is 35.5. The van der Waals surface area contributed by atoms with E-state index in [1.807, 2.05) is 57.3 Å². The van der Waals surface area contributed by atoms with Crippen molar-refractivity contribution in [3.63, 3.8) is 0 Å². The number of rotatable bonds is 9. The Labute approximate surface area is 243 Å². The first kappa shape index (κ1) is 27.8. The second kappa shape index (κ2) is 11.8. The third-order valence-corrected chi connectivity index (χ3v) is 7.67. The van der Waals surface area contributed by atoms with Crippen LogP contribution < -0.4 is 4.74 Å². The number of esters is 1. The summed E-state index contributed by atoms with van der Waals surface area (Å²) in [4.78, 5) is 12.3. The van der Waals surface area contributed by atoms with E-state index in [1.54, 1.807) is 18.2 Å². The molecule has 2 aromatic heterocycles. The standard InChI is InChI=1S/C32H30Cl2N2O4/c1-5-23-21(8-6-9-24(23)32(37)38-4)17-36-15-14-20-16-22(12-13-28(20)36)39-18-25-30(35-40-31(25)19(2)3)29-26(33)10-7-11-27(29)34/h6-16,19H,5,17-18H2,1-4H3. The van der Waals surface area contributed by atoms with Crippen LogP contribution in [0, 0.1) is 0 Å². The lowest BCUT2D eigenvalue weighted by Gasteiger charge is -2.14. The molecule has 0 aliphatic rings. The van der Waals surface area contributed by atoms with Gasteiger partial charge >= 0.3 is 5.97 Å². The second-order valence-electron chi connectivity index (χ2n) is 9.87. The first-order chi connectivity index (χ1) is 19.3. The number of aromatic nitrogens is 2. The number of halogens is 2. The van der Waals surface area contributed by atoms with Gasteiger partial charge in [-0.2, -0.15) is 0 Å². The molecule has 3 aromatic carbocycles. The molecule has 0 fully saturated rings. The molecule has 0 saturated heterocycles. The number of ether oxygens (including phenoxy) is 2. The molecule has 0 saturated carbocycles. The van der Waals surface area contributed by atoms with Crippen LogP contribution in [0.2, 0.25) is 10.0 Å². The molecule has 6 nitrogen and oxygen atoms in total. The first-order valence-corrected chi connectivity index (χ1v) is 13.9. The Morgan fingerprint density at radius 2 is 1.77 bits per heavy atom. The number of hydrogen-bond donors (Lipinski definition) is 0. The molecule has 0 radical (unpaired) electrons. The van der Waals surface area contributed by atoms with Crippen molar-refractivity contribution >= 4 is 40.1 Å². The number of hydrogen-bond acceptors (Lipinski definition) is 5. The number of nitrogens with zero attached hydrogens (tertiary/aromatic N) is 2. The lowest BCUT2D eigenvalue weighted by atomic mass is 9.98. The highest BCUT2D eigenvalue weighted by molar-refractivity contribution is 6.39. The third kappa shape index (κ3) is 5.34. The number of benzene rings is 3. The molecule has 0 unspecified atom stereocenters. The van der Waals surface area contributed by atoms with Gasteiger partial charge < -0.3 is 18.6 Å². The van der Waals surface area contributed by atoms with Crippen LogP contribution in [0.1, 0.15) is 59.5 Å². The summed E-state index contributed by atoms with van der Waals surface area (Å²) in [6, 6.07) is 19.2. The van der Waals surface area contributed by atoms with E-state index < -0.39 is 0 Å². The summed E-state index contributed by atoms with van der Waals surface area (Å²) in [5.74, 6) is 1.24. The molecule has 5 rings (SSSR count). The van der Waals surface area contributed by atoms with Gasteiger partial charge in [0.1, 0.15) is 23.8 Å². The van der Waals surface area contributed by atoms with Gasteiger partial charge in [-0.15, -0.1) is 0 Å². The van der Waals surface area contributed by atoms with Gasteiger partial charge in [-0.3, -0.25) is 0 Å². The molecule has 0 spiro atoms. The third-order valence-electron chi connectivity index (χ3n) is 7.04. The SMILES string of the molecule is CCc1c(Cn2ccc3cc(OCc4c(-c5c(Cl)cccc5Cl)noc4C(C)C)ccc32)cccc1C(=O)OC. The van der Waals surface area contributed by atoms with E-state index in [4.69, 9.17) is 37.2 Å². The Bertz CT molecular complexity index is 1670. The van der Waals surface area contributed by atoms with E-state index in [-0.39, 0.29) is 18.5 Å². The van der Waals surface area contributed by atoms with Crippen molar-refractivity contribution in [1.82, 2.24) is 9.72 Å². The summed E-state index contributed by atoms with van der Waals surface area (Å²) in [6.45, 7) is 7.02. The van der Waals surface area contributed by atoms with Crippen LogP contribution in [0.15, 0.2) is 71.4 Å². The smallest absolute Gasteiger partial charge is 0.338 e. The fourth-order valence-electron chi connectivity index (χ4n) is 5.08. The Morgan fingerprint density at radius 3 is 2.48 bits per heavy atom. The van der Waals surface area contributed by atoms with Gasteiger partial charge in [-0.05, 0) is 60.0 Å². The van der Waals surface area contributed by atoms with E-state index in [2.05, 4.69) is 21.9 Å². The topological polar surface area (TPSA) is 66.5 Å². The maximum atomic E-state index is 12.3. The van der Waals surface area contributed by atoms with Crippen molar-refractivity contribution in [3.8, 4) is 17.0 Å². The Morgan fingerprint density at radius 1 is 1.02 bits per heavy atom. The van der Waals surface area contributed by atoms with Crippen molar-refractivity contribution in [2.24, 2.45) is 0 Å². The van der Waals surface area contributed by atoms with E-state index in [9.17, 15) is 4.79 Å². The monoisotopic (exact) mass is 576 g/mol. The Kier molecular flexibility index (Phi) is 8.19. The van der Waals surface area contributed by atoms with Crippen molar-refractivity contribution in [3.05, 3.63) is 105 Å². The first-order valence-electron chi connectivity index (χ1n) is 13.2. The van der Waals surface area contributed by atoms with Crippen LogP contribution in [-0.2, 0) is 24.3 Å². The number of carbonyl (C=O) groups is 1. The van der Waals surface area contributed by atoms with Crippen molar-refractivity contribution in [1.29, 1.82) is 0 Å². The average Bonchev–Trinajstić information content (AvgIpc) is 3.55. The van der Waals surface area contributed by atoms with Gasteiger partial charge in [0.05, 0.1) is 28.3 Å². The predicted molar refractivity (Wildman–Crippen MR) is 159 cm³/mol. The summed E-state index contributed by atoms with van der Waals surface area (Å²) in [5.41, 5.74) is 5.81. The van der Waals surface area contributed by atoms with Crippen LogP contribution in [0.4, 0.5) is 0 Å². The molecule has 5 aromatic rings. The minimum atomic E-state index is -0.314. The minimum Gasteiger partial charge on any atom is -0.489 e. The van der Waals surface area contributed by atoms with Gasteiger partial charge in [0.25, 0.3) is 0 Å². The molecular weight excluding hydrogens is 547 g/mol. The molecule has 0 amide bonds. The quantitative estimate of drug-likeness (QED) is 0.164. The van der Waals surface area contributed by atoms with Crippen molar-refractivity contribution < 1.29 is 18.8 Å². The molecular formula is C32H30Cl2N2O4. The summed E-state index contributed by atoms with van der Waals surface area (Å²) < 4.78 is 19.1. The summed E-state index contributed by atoms with van der Waals surface area (Å²) in [6.07, 6.45) is 2.79. The van der Waals surface area contributed by atoms with E-state index in [1.165, 1.54) is 7.11 Å². The highest BCUT2D eigenvalue weighted by Crippen LogP contribution is 2.39. The predicted octanol–water partition coefficient (Wildman–Crippen LogP) is 8.70. The molecule has 0 aliphatic carbocycles. The van der Waals surface area contributed by atoms with Crippen LogP contribution in [0.5, 0.6) is 5.75 Å². The molecule has 2 heterocycles. The highest BCUT2D eigenvalue weighted by Gasteiger charge is 2.24. The summed E-state index contributed by atoms with van der Waals surface area (Å²) >= 11 is 13.0.